The molecule has 0 fully saturated rings. The van der Waals surface area contributed by atoms with E-state index in [0.717, 1.165) is 29.1 Å². The summed E-state index contributed by atoms with van der Waals surface area (Å²) in [7, 11) is 1.93. The third kappa shape index (κ3) is 3.14. The average Bonchev–Trinajstić information content (AvgIpc) is 2.98. The van der Waals surface area contributed by atoms with Crippen molar-refractivity contribution in [1.29, 1.82) is 0 Å². The van der Waals surface area contributed by atoms with Crippen LogP contribution in [0.25, 0.3) is 5.70 Å². The second-order valence-electron chi connectivity index (χ2n) is 6.05. The van der Waals surface area contributed by atoms with Gasteiger partial charge in [-0.15, -0.1) is 0 Å². The van der Waals surface area contributed by atoms with Crippen LogP contribution in [0.3, 0.4) is 0 Å². The Morgan fingerprint density at radius 3 is 2.72 bits per heavy atom. The highest BCUT2D eigenvalue weighted by Crippen LogP contribution is 2.32. The van der Waals surface area contributed by atoms with Crippen LogP contribution in [0.1, 0.15) is 36.2 Å². The summed E-state index contributed by atoms with van der Waals surface area (Å²) in [6.07, 6.45) is 6.57. The molecule has 3 heterocycles. The van der Waals surface area contributed by atoms with Gasteiger partial charge in [0.25, 0.3) is 0 Å². The van der Waals surface area contributed by atoms with Gasteiger partial charge in [-0.3, -0.25) is 9.79 Å². The Hall–Kier alpha value is -2.69. The highest BCUT2D eigenvalue weighted by Gasteiger charge is 2.28. The third-order valence-corrected chi connectivity index (χ3v) is 4.49. The molecule has 130 valence electrons. The van der Waals surface area contributed by atoms with Gasteiger partial charge >= 0.3 is 0 Å². The molecule has 0 spiro atoms. The van der Waals surface area contributed by atoms with Crippen LogP contribution in [0, 0.1) is 6.92 Å². The second kappa shape index (κ2) is 7.05. The zero-order valence-electron chi connectivity index (χ0n) is 15.3. The van der Waals surface area contributed by atoms with Gasteiger partial charge in [-0.05, 0) is 30.5 Å². The Morgan fingerprint density at radius 1 is 1.20 bits per heavy atom. The summed E-state index contributed by atoms with van der Waals surface area (Å²) in [5.74, 6) is 0.0503. The molecule has 25 heavy (non-hydrogen) atoms. The van der Waals surface area contributed by atoms with Crippen molar-refractivity contribution in [3.63, 3.8) is 0 Å². The van der Waals surface area contributed by atoms with Crippen LogP contribution >= 0.6 is 0 Å². The van der Waals surface area contributed by atoms with Crippen LogP contribution in [0.2, 0.25) is 0 Å². The summed E-state index contributed by atoms with van der Waals surface area (Å²) < 4.78 is 1.89. The molecule has 0 saturated carbocycles. The van der Waals surface area contributed by atoms with E-state index < -0.39 is 0 Å². The number of carbonyl (C=O) groups is 1. The molecule has 2 aromatic rings. The van der Waals surface area contributed by atoms with Gasteiger partial charge in [-0.2, -0.15) is 0 Å². The summed E-state index contributed by atoms with van der Waals surface area (Å²) in [6.45, 7) is 7.02. The lowest BCUT2D eigenvalue weighted by Crippen LogP contribution is -2.36. The topological polar surface area (TPSA) is 50.5 Å². The van der Waals surface area contributed by atoms with Crippen molar-refractivity contribution >= 4 is 17.3 Å². The number of aryl methyl sites for hydroxylation is 2. The van der Waals surface area contributed by atoms with Crippen molar-refractivity contribution in [3.8, 4) is 0 Å². The first-order chi connectivity index (χ1) is 12.1. The summed E-state index contributed by atoms with van der Waals surface area (Å²) in [6, 6.07) is 6.27. The van der Waals surface area contributed by atoms with Crippen molar-refractivity contribution in [2.75, 3.05) is 13.1 Å². The van der Waals surface area contributed by atoms with E-state index in [2.05, 4.69) is 29.0 Å². The predicted molar refractivity (Wildman–Crippen MR) is 101 cm³/mol. The summed E-state index contributed by atoms with van der Waals surface area (Å²) >= 11 is 0. The highest BCUT2D eigenvalue weighted by atomic mass is 16.2. The van der Waals surface area contributed by atoms with Crippen molar-refractivity contribution in [3.05, 3.63) is 59.2 Å². The van der Waals surface area contributed by atoms with Crippen LogP contribution in [-0.4, -0.2) is 39.2 Å². The van der Waals surface area contributed by atoms with Crippen molar-refractivity contribution < 1.29 is 4.79 Å². The molecule has 0 N–H and O–H groups in total. The van der Waals surface area contributed by atoms with E-state index >= 15 is 0 Å². The largest absolute Gasteiger partial charge is 0.340 e. The van der Waals surface area contributed by atoms with Crippen LogP contribution in [0.5, 0.6) is 0 Å². The number of hydrogen-bond acceptors (Lipinski definition) is 3. The van der Waals surface area contributed by atoms with E-state index in [1.807, 2.05) is 48.7 Å². The normalized spacial score (nSPS) is 16.0. The minimum absolute atomic E-state index is 0.0503. The predicted octanol–water partition coefficient (Wildman–Crippen LogP) is 2.98. The Labute approximate surface area is 148 Å². The molecule has 2 aliphatic heterocycles. The minimum Gasteiger partial charge on any atom is -0.340 e. The van der Waals surface area contributed by atoms with Crippen molar-refractivity contribution in [1.82, 2.24) is 14.5 Å². The fourth-order valence-corrected chi connectivity index (χ4v) is 3.29. The van der Waals surface area contributed by atoms with E-state index in [1.54, 1.807) is 6.33 Å². The van der Waals surface area contributed by atoms with Gasteiger partial charge in [0.1, 0.15) is 12.2 Å². The Kier molecular flexibility index (Phi) is 4.83. The SMILES string of the molecule is CC.Cc1cccc2c1CCN1C(=O)CN=C(c3cn(C)cn3)C=C21. The summed E-state index contributed by atoms with van der Waals surface area (Å²) in [5, 5.41) is 0. The Morgan fingerprint density at radius 2 is 2.00 bits per heavy atom. The lowest BCUT2D eigenvalue weighted by Gasteiger charge is -2.31. The van der Waals surface area contributed by atoms with Gasteiger partial charge in [0.15, 0.2) is 0 Å². The maximum Gasteiger partial charge on any atom is 0.248 e. The zero-order chi connectivity index (χ0) is 18.0. The number of hydrogen-bond donors (Lipinski definition) is 0. The molecular weight excluding hydrogens is 312 g/mol. The molecule has 1 aromatic carbocycles. The van der Waals surface area contributed by atoms with Gasteiger partial charge in [0.2, 0.25) is 5.91 Å². The molecule has 4 rings (SSSR count). The number of aliphatic imine (C=N–C) groups is 1. The van der Waals surface area contributed by atoms with Gasteiger partial charge in [0, 0.05) is 25.4 Å². The molecule has 0 aliphatic carbocycles. The van der Waals surface area contributed by atoms with Crippen LogP contribution in [0.15, 0.2) is 41.8 Å². The molecule has 0 saturated heterocycles. The minimum atomic E-state index is 0.0503. The van der Waals surface area contributed by atoms with E-state index in [1.165, 1.54) is 11.1 Å². The first-order valence-corrected chi connectivity index (χ1v) is 8.77. The molecule has 0 unspecified atom stereocenters. The van der Waals surface area contributed by atoms with Gasteiger partial charge in [0.05, 0.1) is 17.7 Å². The first kappa shape index (κ1) is 17.1. The molecular formula is C20H24N4O. The molecule has 0 atom stereocenters. The van der Waals surface area contributed by atoms with Crippen molar-refractivity contribution in [2.45, 2.75) is 27.2 Å². The monoisotopic (exact) mass is 336 g/mol. The lowest BCUT2D eigenvalue weighted by atomic mass is 9.92. The van der Waals surface area contributed by atoms with Crippen LogP contribution < -0.4 is 0 Å². The zero-order valence-corrected chi connectivity index (χ0v) is 15.3. The number of fused-ring (bicyclic) bond motifs is 3. The van der Waals surface area contributed by atoms with Crippen molar-refractivity contribution in [2.24, 2.45) is 12.0 Å². The molecule has 1 amide bonds. The van der Waals surface area contributed by atoms with Crippen LogP contribution in [-0.2, 0) is 18.3 Å². The van der Waals surface area contributed by atoms with Crippen LogP contribution in [0.4, 0.5) is 0 Å². The third-order valence-electron chi connectivity index (χ3n) is 4.49. The number of carbonyl (C=O) groups excluding carboxylic acids is 1. The van der Waals surface area contributed by atoms with Gasteiger partial charge < -0.3 is 9.47 Å². The Balaban J connectivity index is 0.000000880. The number of allylic oxidation sites excluding steroid dienone is 1. The number of imidazole rings is 1. The Bertz CT molecular complexity index is 860. The maximum absolute atomic E-state index is 12.5. The molecule has 0 bridgehead atoms. The smallest absolute Gasteiger partial charge is 0.248 e. The average molecular weight is 336 g/mol. The van der Waals surface area contributed by atoms with Gasteiger partial charge in [-0.25, -0.2) is 4.98 Å². The maximum atomic E-state index is 12.5. The second-order valence-corrected chi connectivity index (χ2v) is 6.05. The summed E-state index contributed by atoms with van der Waals surface area (Å²) in [4.78, 5) is 23.2. The van der Waals surface area contributed by atoms with E-state index in [9.17, 15) is 4.79 Å². The van der Waals surface area contributed by atoms with E-state index in [-0.39, 0.29) is 12.5 Å². The number of nitrogens with zero attached hydrogens (tertiary/aromatic N) is 4. The number of aromatic nitrogens is 2. The molecule has 5 nitrogen and oxygen atoms in total. The summed E-state index contributed by atoms with van der Waals surface area (Å²) in [5.41, 5.74) is 6.25. The fourth-order valence-electron chi connectivity index (χ4n) is 3.29. The fraction of sp³-hybridized carbons (Fsp3) is 0.350. The number of rotatable bonds is 1. The van der Waals surface area contributed by atoms with Gasteiger partial charge in [-0.1, -0.05) is 32.0 Å². The molecule has 1 aromatic heterocycles. The standard InChI is InChI=1S/C18H18N4O.C2H6/c1-12-4-3-5-14-13(12)6-7-22-17(14)8-15(19-9-18(22)23)16-10-21(2)11-20-16;1-2/h3-5,8,10-11H,6-7,9H2,1-2H3;1-2H3. The van der Waals surface area contributed by atoms with E-state index in [0.29, 0.717) is 6.54 Å². The number of benzene rings is 1. The first-order valence-electron chi connectivity index (χ1n) is 8.77. The van der Waals surface area contributed by atoms with E-state index in [4.69, 9.17) is 0 Å². The molecule has 5 heteroatoms. The highest BCUT2D eigenvalue weighted by molar-refractivity contribution is 6.14. The number of amides is 1. The molecule has 2 aliphatic rings. The quantitative estimate of drug-likeness (QED) is 0.804. The lowest BCUT2D eigenvalue weighted by molar-refractivity contribution is -0.126. The molecule has 0 radical (unpaired) electrons.